The Bertz CT molecular complexity index is 1120. The second-order valence-electron chi connectivity index (χ2n) is 6.44. The molecule has 0 unspecified atom stereocenters. The van der Waals surface area contributed by atoms with Crippen LogP contribution >= 0.6 is 23.1 Å². The van der Waals surface area contributed by atoms with E-state index in [1.54, 1.807) is 23.0 Å². The van der Waals surface area contributed by atoms with Crippen LogP contribution in [0.4, 0.5) is 9.52 Å². The average Bonchev–Trinajstić information content (AvgIpc) is 3.48. The van der Waals surface area contributed by atoms with E-state index < -0.39 is 0 Å². The van der Waals surface area contributed by atoms with E-state index in [0.717, 1.165) is 51.6 Å². The summed E-state index contributed by atoms with van der Waals surface area (Å²) in [6, 6.07) is 6.11. The molecule has 148 valence electrons. The van der Waals surface area contributed by atoms with Crippen LogP contribution in [-0.2, 0) is 4.74 Å². The molecule has 0 bridgehead atoms. The third-order valence-electron chi connectivity index (χ3n) is 4.50. The minimum absolute atomic E-state index is 0.244. The Morgan fingerprint density at radius 2 is 2.14 bits per heavy atom. The highest BCUT2D eigenvalue weighted by Gasteiger charge is 2.17. The molecule has 1 aromatic carbocycles. The van der Waals surface area contributed by atoms with E-state index in [0.29, 0.717) is 5.65 Å². The molecule has 0 aliphatic carbocycles. The van der Waals surface area contributed by atoms with Crippen LogP contribution in [0.3, 0.4) is 0 Å². The van der Waals surface area contributed by atoms with Gasteiger partial charge in [0.05, 0.1) is 23.4 Å². The zero-order chi connectivity index (χ0) is 19.6. The van der Waals surface area contributed by atoms with Crippen molar-refractivity contribution < 1.29 is 9.13 Å². The number of halogens is 1. The monoisotopic (exact) mass is 429 g/mol. The SMILES string of the molecule is Fc1ccc(-n2ncc3c(Sc4nnc(NC[C@@H]5CCCO5)s4)ncnc32)cc1. The quantitative estimate of drug-likeness (QED) is 0.466. The van der Waals surface area contributed by atoms with Gasteiger partial charge in [-0.05, 0) is 48.9 Å². The molecular formula is C18H16FN7OS2. The molecule has 1 fully saturated rings. The van der Waals surface area contributed by atoms with Crippen LogP contribution in [0.5, 0.6) is 0 Å². The van der Waals surface area contributed by atoms with E-state index in [4.69, 9.17) is 4.74 Å². The summed E-state index contributed by atoms with van der Waals surface area (Å²) < 4.78 is 21.3. The molecule has 0 amide bonds. The molecule has 3 aromatic heterocycles. The van der Waals surface area contributed by atoms with Crippen LogP contribution in [0, 0.1) is 5.82 Å². The number of ether oxygens (including phenoxy) is 1. The van der Waals surface area contributed by atoms with Gasteiger partial charge in [0, 0.05) is 13.2 Å². The second kappa shape index (κ2) is 8.01. The van der Waals surface area contributed by atoms with Gasteiger partial charge < -0.3 is 10.1 Å². The van der Waals surface area contributed by atoms with E-state index >= 15 is 0 Å². The molecule has 29 heavy (non-hydrogen) atoms. The van der Waals surface area contributed by atoms with Crippen molar-refractivity contribution in [3.05, 3.63) is 42.6 Å². The number of nitrogens with zero attached hydrogens (tertiary/aromatic N) is 6. The molecular weight excluding hydrogens is 413 g/mol. The minimum atomic E-state index is -0.295. The summed E-state index contributed by atoms with van der Waals surface area (Å²) in [5.74, 6) is -0.295. The normalized spacial score (nSPS) is 16.5. The highest BCUT2D eigenvalue weighted by molar-refractivity contribution is 8.01. The first-order chi connectivity index (χ1) is 14.3. The summed E-state index contributed by atoms with van der Waals surface area (Å²) in [6.45, 7) is 1.57. The van der Waals surface area contributed by atoms with E-state index in [-0.39, 0.29) is 11.9 Å². The van der Waals surface area contributed by atoms with E-state index in [1.165, 1.54) is 41.6 Å². The van der Waals surface area contributed by atoms with Crippen LogP contribution in [0.15, 0.2) is 46.2 Å². The zero-order valence-electron chi connectivity index (χ0n) is 15.2. The topological polar surface area (TPSA) is 90.6 Å². The van der Waals surface area contributed by atoms with Gasteiger partial charge in [0.25, 0.3) is 0 Å². The molecule has 1 aliphatic heterocycles. The lowest BCUT2D eigenvalue weighted by atomic mass is 10.2. The molecule has 0 radical (unpaired) electrons. The van der Waals surface area contributed by atoms with Crippen LogP contribution in [-0.4, -0.2) is 49.2 Å². The molecule has 1 saturated heterocycles. The number of hydrogen-bond acceptors (Lipinski definition) is 9. The first kappa shape index (κ1) is 18.4. The van der Waals surface area contributed by atoms with Crippen LogP contribution in [0.25, 0.3) is 16.7 Å². The molecule has 0 saturated carbocycles. The largest absolute Gasteiger partial charge is 0.376 e. The molecule has 11 heteroatoms. The van der Waals surface area contributed by atoms with Gasteiger partial charge in [-0.3, -0.25) is 0 Å². The fourth-order valence-electron chi connectivity index (χ4n) is 3.09. The van der Waals surface area contributed by atoms with Crippen molar-refractivity contribution in [3.63, 3.8) is 0 Å². The Morgan fingerprint density at radius 1 is 1.24 bits per heavy atom. The van der Waals surface area contributed by atoms with E-state index in [1.807, 2.05) is 0 Å². The molecule has 1 N–H and O–H groups in total. The van der Waals surface area contributed by atoms with Gasteiger partial charge in [0.2, 0.25) is 5.13 Å². The minimum Gasteiger partial charge on any atom is -0.376 e. The Morgan fingerprint density at radius 3 is 2.97 bits per heavy atom. The van der Waals surface area contributed by atoms with Gasteiger partial charge in [-0.1, -0.05) is 11.3 Å². The lowest BCUT2D eigenvalue weighted by Gasteiger charge is -2.08. The number of benzene rings is 1. The maximum absolute atomic E-state index is 13.2. The molecule has 4 heterocycles. The maximum Gasteiger partial charge on any atom is 0.206 e. The third kappa shape index (κ3) is 3.93. The van der Waals surface area contributed by atoms with Crippen molar-refractivity contribution in [3.8, 4) is 5.69 Å². The van der Waals surface area contributed by atoms with Crippen molar-refractivity contribution >= 4 is 39.3 Å². The van der Waals surface area contributed by atoms with Gasteiger partial charge >= 0.3 is 0 Å². The lowest BCUT2D eigenvalue weighted by Crippen LogP contribution is -2.18. The van der Waals surface area contributed by atoms with Crippen LogP contribution in [0.2, 0.25) is 0 Å². The fourth-order valence-corrected chi connectivity index (χ4v) is 4.81. The summed E-state index contributed by atoms with van der Waals surface area (Å²) >= 11 is 2.89. The predicted octanol–water partition coefficient (Wildman–Crippen LogP) is 3.55. The number of aromatic nitrogens is 6. The average molecular weight is 430 g/mol. The van der Waals surface area contributed by atoms with Crippen molar-refractivity contribution in [2.45, 2.75) is 28.3 Å². The lowest BCUT2D eigenvalue weighted by molar-refractivity contribution is 0.120. The smallest absolute Gasteiger partial charge is 0.206 e. The first-order valence-electron chi connectivity index (χ1n) is 9.08. The van der Waals surface area contributed by atoms with Gasteiger partial charge in [-0.25, -0.2) is 19.0 Å². The van der Waals surface area contributed by atoms with Gasteiger partial charge in [-0.2, -0.15) is 5.10 Å². The van der Waals surface area contributed by atoms with Crippen LogP contribution in [0.1, 0.15) is 12.8 Å². The number of rotatable bonds is 6. The molecule has 0 spiro atoms. The third-order valence-corrected chi connectivity index (χ3v) is 6.45. The van der Waals surface area contributed by atoms with Gasteiger partial charge in [0.1, 0.15) is 17.2 Å². The van der Waals surface area contributed by atoms with Crippen molar-refractivity contribution in [2.24, 2.45) is 0 Å². The highest BCUT2D eigenvalue weighted by Crippen LogP contribution is 2.34. The molecule has 1 aliphatic rings. The van der Waals surface area contributed by atoms with E-state index in [9.17, 15) is 4.39 Å². The molecule has 1 atom stereocenters. The van der Waals surface area contributed by atoms with Crippen molar-refractivity contribution in [2.75, 3.05) is 18.5 Å². The Hall–Kier alpha value is -2.63. The van der Waals surface area contributed by atoms with Gasteiger partial charge in [-0.15, -0.1) is 10.2 Å². The highest BCUT2D eigenvalue weighted by atomic mass is 32.2. The van der Waals surface area contributed by atoms with Gasteiger partial charge in [0.15, 0.2) is 9.99 Å². The second-order valence-corrected chi connectivity index (χ2v) is 8.65. The number of fused-ring (bicyclic) bond motifs is 1. The molecule has 5 rings (SSSR count). The number of nitrogens with one attached hydrogen (secondary N) is 1. The summed E-state index contributed by atoms with van der Waals surface area (Å²) in [7, 11) is 0. The molecule has 4 aromatic rings. The Labute approximate surface area is 173 Å². The summed E-state index contributed by atoms with van der Waals surface area (Å²) in [5, 5.41) is 18.4. The first-order valence-corrected chi connectivity index (χ1v) is 10.7. The van der Waals surface area contributed by atoms with Crippen molar-refractivity contribution in [1.29, 1.82) is 0 Å². The number of hydrogen-bond donors (Lipinski definition) is 1. The standard InChI is InChI=1S/C18H16FN7OS2/c19-11-3-5-12(6-4-11)26-15-14(9-23-26)16(22-10-21-15)28-18-25-24-17(29-18)20-8-13-2-1-7-27-13/h3-6,9-10,13H,1-2,7-8H2,(H,20,24)/t13-/m0/s1. The van der Waals surface area contributed by atoms with Crippen LogP contribution < -0.4 is 5.32 Å². The van der Waals surface area contributed by atoms with E-state index in [2.05, 4.69) is 30.6 Å². The fraction of sp³-hybridized carbons (Fsp3) is 0.278. The zero-order valence-corrected chi connectivity index (χ0v) is 16.8. The predicted molar refractivity (Wildman–Crippen MR) is 108 cm³/mol. The molecule has 8 nitrogen and oxygen atoms in total. The summed E-state index contributed by atoms with van der Waals surface area (Å²) in [5.41, 5.74) is 1.38. The summed E-state index contributed by atoms with van der Waals surface area (Å²) in [4.78, 5) is 8.72. The van der Waals surface area contributed by atoms with Crippen molar-refractivity contribution in [1.82, 2.24) is 29.9 Å². The Kier molecular flexibility index (Phi) is 5.08. The summed E-state index contributed by atoms with van der Waals surface area (Å²) in [6.07, 6.45) is 5.63. The number of anilines is 1. The maximum atomic E-state index is 13.2. The Balaban J connectivity index is 1.35.